The summed E-state index contributed by atoms with van der Waals surface area (Å²) < 4.78 is 0. The van der Waals surface area contributed by atoms with E-state index in [-0.39, 0.29) is 0 Å². The molecule has 80 valence electrons. The lowest BCUT2D eigenvalue weighted by Gasteiger charge is -2.22. The smallest absolute Gasteiger partial charge is 0.0326 e. The van der Waals surface area contributed by atoms with Crippen molar-refractivity contribution in [3.63, 3.8) is 0 Å². The minimum absolute atomic E-state index is 0.462. The Hall–Kier alpha value is 0.270. The Balaban J connectivity index is 3.71. The second-order valence-electron chi connectivity index (χ2n) is 3.71. The van der Waals surface area contributed by atoms with E-state index in [4.69, 9.17) is 5.84 Å². The Kier molecular flexibility index (Phi) is 7.81. The molecule has 0 amide bonds. The fraction of sp³-hybridized carbons (Fsp3) is 1.00. The molecule has 0 heterocycles. The van der Waals surface area contributed by atoms with Crippen LogP contribution >= 0.6 is 11.8 Å². The minimum atomic E-state index is 0.462. The van der Waals surface area contributed by atoms with Gasteiger partial charge in [-0.25, -0.2) is 0 Å². The number of hydrogen-bond acceptors (Lipinski definition) is 3. The molecule has 0 fully saturated rings. The van der Waals surface area contributed by atoms with Crippen LogP contribution in [0.3, 0.4) is 0 Å². The van der Waals surface area contributed by atoms with E-state index in [2.05, 4.69) is 33.1 Å². The quantitative estimate of drug-likeness (QED) is 0.494. The standard InChI is InChI=1S/C10H24N2S/c1-5-8(3)10(12-11)7-13-9(4)6-2/h8-10,12H,5-7,11H2,1-4H3. The maximum absolute atomic E-state index is 5.51. The van der Waals surface area contributed by atoms with Crippen LogP contribution in [0, 0.1) is 5.92 Å². The third-order valence-corrected chi connectivity index (χ3v) is 4.13. The predicted octanol–water partition coefficient (Wildman–Crippen LogP) is 2.40. The largest absolute Gasteiger partial charge is 0.271 e. The van der Waals surface area contributed by atoms with Gasteiger partial charge in [-0.2, -0.15) is 11.8 Å². The van der Waals surface area contributed by atoms with E-state index in [1.54, 1.807) is 0 Å². The van der Waals surface area contributed by atoms with Gasteiger partial charge in [-0.15, -0.1) is 0 Å². The van der Waals surface area contributed by atoms with Crippen LogP contribution in [0.1, 0.15) is 40.5 Å². The van der Waals surface area contributed by atoms with E-state index in [1.807, 2.05) is 11.8 Å². The maximum Gasteiger partial charge on any atom is 0.0326 e. The van der Waals surface area contributed by atoms with E-state index in [0.717, 1.165) is 11.0 Å². The minimum Gasteiger partial charge on any atom is -0.271 e. The molecule has 0 aliphatic heterocycles. The van der Waals surface area contributed by atoms with Gasteiger partial charge in [-0.1, -0.05) is 34.1 Å². The molecule has 0 saturated heterocycles. The normalized spacial score (nSPS) is 18.2. The van der Waals surface area contributed by atoms with Gasteiger partial charge in [0.1, 0.15) is 0 Å². The number of nitrogens with two attached hydrogens (primary N) is 1. The average molecular weight is 204 g/mol. The number of thioether (sulfide) groups is 1. The van der Waals surface area contributed by atoms with Crippen LogP contribution in [0.2, 0.25) is 0 Å². The van der Waals surface area contributed by atoms with Crippen LogP contribution in [0.4, 0.5) is 0 Å². The van der Waals surface area contributed by atoms with Crippen molar-refractivity contribution in [2.75, 3.05) is 5.75 Å². The van der Waals surface area contributed by atoms with E-state index < -0.39 is 0 Å². The van der Waals surface area contributed by atoms with Crippen molar-refractivity contribution < 1.29 is 0 Å². The van der Waals surface area contributed by atoms with E-state index >= 15 is 0 Å². The molecule has 0 aromatic heterocycles. The summed E-state index contributed by atoms with van der Waals surface area (Å²) in [5.41, 5.74) is 2.91. The summed E-state index contributed by atoms with van der Waals surface area (Å²) in [7, 11) is 0. The molecule has 0 saturated carbocycles. The zero-order chi connectivity index (χ0) is 10.3. The van der Waals surface area contributed by atoms with Crippen LogP contribution in [-0.4, -0.2) is 17.0 Å². The van der Waals surface area contributed by atoms with Crippen molar-refractivity contribution in [2.45, 2.75) is 51.8 Å². The molecule has 3 heteroatoms. The summed E-state index contributed by atoms with van der Waals surface area (Å²) in [5.74, 6) is 7.31. The van der Waals surface area contributed by atoms with Gasteiger partial charge in [0.25, 0.3) is 0 Å². The first-order valence-corrected chi connectivity index (χ1v) is 6.28. The van der Waals surface area contributed by atoms with Gasteiger partial charge in [0, 0.05) is 17.0 Å². The Morgan fingerprint density at radius 3 is 2.23 bits per heavy atom. The van der Waals surface area contributed by atoms with E-state index in [9.17, 15) is 0 Å². The van der Waals surface area contributed by atoms with Crippen LogP contribution in [-0.2, 0) is 0 Å². The topological polar surface area (TPSA) is 38.0 Å². The second kappa shape index (κ2) is 7.65. The second-order valence-corrected chi connectivity index (χ2v) is 5.18. The van der Waals surface area contributed by atoms with Gasteiger partial charge < -0.3 is 0 Å². The third-order valence-electron chi connectivity index (χ3n) is 2.68. The Labute approximate surface area is 87.0 Å². The molecule has 0 aromatic rings. The highest BCUT2D eigenvalue weighted by molar-refractivity contribution is 7.99. The van der Waals surface area contributed by atoms with Crippen molar-refractivity contribution in [3.8, 4) is 0 Å². The van der Waals surface area contributed by atoms with Gasteiger partial charge in [0.05, 0.1) is 0 Å². The first-order chi connectivity index (χ1) is 6.15. The summed E-state index contributed by atoms with van der Waals surface area (Å²) in [6.45, 7) is 8.96. The van der Waals surface area contributed by atoms with Crippen LogP contribution in [0.25, 0.3) is 0 Å². The number of rotatable bonds is 7. The van der Waals surface area contributed by atoms with Crippen LogP contribution in [0.15, 0.2) is 0 Å². The predicted molar refractivity (Wildman–Crippen MR) is 62.8 cm³/mol. The highest BCUT2D eigenvalue weighted by atomic mass is 32.2. The SMILES string of the molecule is CCC(C)SCC(NN)C(C)CC. The molecule has 0 spiro atoms. The van der Waals surface area contributed by atoms with Crippen molar-refractivity contribution >= 4 is 11.8 Å². The zero-order valence-electron chi connectivity index (χ0n) is 9.34. The lowest BCUT2D eigenvalue weighted by molar-refractivity contribution is 0.403. The molecular weight excluding hydrogens is 180 g/mol. The number of hydrazine groups is 1. The molecular formula is C10H24N2S. The Bertz CT molecular complexity index is 119. The molecule has 0 aromatic carbocycles. The Morgan fingerprint density at radius 1 is 1.23 bits per heavy atom. The van der Waals surface area contributed by atoms with Crippen molar-refractivity contribution in [2.24, 2.45) is 11.8 Å². The van der Waals surface area contributed by atoms with Gasteiger partial charge in [-0.05, 0) is 12.3 Å². The summed E-state index contributed by atoms with van der Waals surface area (Å²) in [4.78, 5) is 0. The molecule has 3 unspecified atom stereocenters. The van der Waals surface area contributed by atoms with Crippen molar-refractivity contribution in [1.82, 2.24) is 5.43 Å². The first kappa shape index (κ1) is 13.3. The lowest BCUT2D eigenvalue weighted by Crippen LogP contribution is -2.41. The zero-order valence-corrected chi connectivity index (χ0v) is 10.2. The molecule has 0 aliphatic carbocycles. The van der Waals surface area contributed by atoms with Gasteiger partial charge in [-0.3, -0.25) is 11.3 Å². The van der Waals surface area contributed by atoms with Crippen molar-refractivity contribution in [1.29, 1.82) is 0 Å². The van der Waals surface area contributed by atoms with Crippen LogP contribution in [0.5, 0.6) is 0 Å². The fourth-order valence-corrected chi connectivity index (χ4v) is 2.24. The Morgan fingerprint density at radius 2 is 1.85 bits per heavy atom. The maximum atomic E-state index is 5.51. The van der Waals surface area contributed by atoms with Gasteiger partial charge >= 0.3 is 0 Å². The number of hydrogen-bond donors (Lipinski definition) is 2. The third kappa shape index (κ3) is 5.55. The summed E-state index contributed by atoms with van der Waals surface area (Å²) >= 11 is 2.01. The summed E-state index contributed by atoms with van der Waals surface area (Å²) in [6.07, 6.45) is 2.43. The molecule has 0 rings (SSSR count). The van der Waals surface area contributed by atoms with Crippen molar-refractivity contribution in [3.05, 3.63) is 0 Å². The molecule has 2 nitrogen and oxygen atoms in total. The van der Waals surface area contributed by atoms with E-state index in [0.29, 0.717) is 12.0 Å². The monoisotopic (exact) mass is 204 g/mol. The first-order valence-electron chi connectivity index (χ1n) is 5.23. The molecule has 3 atom stereocenters. The fourth-order valence-electron chi connectivity index (χ4n) is 1.05. The number of nitrogens with one attached hydrogen (secondary N) is 1. The van der Waals surface area contributed by atoms with Crippen LogP contribution < -0.4 is 11.3 Å². The average Bonchev–Trinajstić information content (AvgIpc) is 2.17. The highest BCUT2D eigenvalue weighted by Crippen LogP contribution is 2.18. The highest BCUT2D eigenvalue weighted by Gasteiger charge is 2.14. The van der Waals surface area contributed by atoms with Gasteiger partial charge in [0.2, 0.25) is 0 Å². The lowest BCUT2D eigenvalue weighted by atomic mass is 10.0. The molecule has 0 bridgehead atoms. The molecule has 3 N–H and O–H groups in total. The molecule has 0 radical (unpaired) electrons. The van der Waals surface area contributed by atoms with Gasteiger partial charge in [0.15, 0.2) is 0 Å². The summed E-state index contributed by atoms with van der Waals surface area (Å²) in [6, 6.07) is 0.462. The summed E-state index contributed by atoms with van der Waals surface area (Å²) in [5, 5.41) is 0.750. The van der Waals surface area contributed by atoms with E-state index in [1.165, 1.54) is 12.8 Å². The molecule has 0 aliphatic rings. The molecule has 13 heavy (non-hydrogen) atoms.